The van der Waals surface area contributed by atoms with Gasteiger partial charge in [0.2, 0.25) is 0 Å². The number of fused-ring (bicyclic) bond motifs is 5. The second-order valence-corrected chi connectivity index (χ2v) is 12.3. The molecule has 0 aromatic rings. The summed E-state index contributed by atoms with van der Waals surface area (Å²) in [4.78, 5) is 0. The second-order valence-electron chi connectivity index (χ2n) is 12.3. The molecule has 0 bridgehead atoms. The van der Waals surface area contributed by atoms with Crippen LogP contribution >= 0.6 is 0 Å². The molecule has 4 aliphatic rings. The Bertz CT molecular complexity index is 591. The van der Waals surface area contributed by atoms with Crippen LogP contribution in [0, 0.1) is 46.3 Å². The summed E-state index contributed by atoms with van der Waals surface area (Å²) in [6, 6.07) is 0.423. The van der Waals surface area contributed by atoms with Crippen LogP contribution in [0.2, 0.25) is 0 Å². The molecule has 0 radical (unpaired) electrons. The van der Waals surface area contributed by atoms with E-state index in [2.05, 4.69) is 40.7 Å². The third-order valence-corrected chi connectivity index (χ3v) is 10.3. The quantitative estimate of drug-likeness (QED) is 0.492. The van der Waals surface area contributed by atoms with E-state index in [0.29, 0.717) is 16.9 Å². The van der Waals surface area contributed by atoms with E-state index in [1.165, 1.54) is 70.6 Å². The largest absolute Gasteiger partial charge is 0.327 e. The molecule has 0 amide bonds. The van der Waals surface area contributed by atoms with E-state index in [-0.39, 0.29) is 0 Å². The Morgan fingerprint density at radius 1 is 1.00 bits per heavy atom. The van der Waals surface area contributed by atoms with E-state index in [1.54, 1.807) is 5.57 Å². The Hall–Kier alpha value is -0.300. The lowest BCUT2D eigenvalue weighted by Gasteiger charge is -2.58. The first-order valence-corrected chi connectivity index (χ1v) is 12.7. The molecular formula is C27H47N. The molecule has 160 valence electrons. The Kier molecular flexibility index (Phi) is 5.80. The van der Waals surface area contributed by atoms with Crippen LogP contribution in [0.1, 0.15) is 105 Å². The molecule has 0 heterocycles. The smallest absolute Gasteiger partial charge is 0.00766 e. The van der Waals surface area contributed by atoms with Crippen LogP contribution in [0.5, 0.6) is 0 Å². The maximum absolute atomic E-state index is 6.34. The lowest BCUT2D eigenvalue weighted by molar-refractivity contribution is -0.0508. The van der Waals surface area contributed by atoms with E-state index in [1.807, 2.05) is 0 Å². The molecule has 3 saturated carbocycles. The van der Waals surface area contributed by atoms with Gasteiger partial charge in [-0.1, -0.05) is 65.5 Å². The highest BCUT2D eigenvalue weighted by atomic mass is 14.7. The van der Waals surface area contributed by atoms with Gasteiger partial charge in [-0.3, -0.25) is 0 Å². The van der Waals surface area contributed by atoms with Gasteiger partial charge in [0.15, 0.2) is 0 Å². The van der Waals surface area contributed by atoms with Gasteiger partial charge in [0, 0.05) is 6.04 Å². The Labute approximate surface area is 175 Å². The zero-order chi connectivity index (χ0) is 20.1. The highest BCUT2D eigenvalue weighted by Crippen LogP contribution is 2.67. The van der Waals surface area contributed by atoms with Crippen molar-refractivity contribution in [3.05, 3.63) is 11.6 Å². The Morgan fingerprint density at radius 3 is 2.54 bits per heavy atom. The SMILES string of the molecule is CC(C)CCC[C@@H](C)C1CC[C@H]2C3CC=C4C[C@@H](N)CCC4(C)C3CCC12C. The van der Waals surface area contributed by atoms with Crippen molar-refractivity contribution >= 4 is 0 Å². The van der Waals surface area contributed by atoms with Gasteiger partial charge >= 0.3 is 0 Å². The third-order valence-electron chi connectivity index (χ3n) is 10.3. The summed E-state index contributed by atoms with van der Waals surface area (Å²) in [5.41, 5.74) is 9.18. The van der Waals surface area contributed by atoms with E-state index >= 15 is 0 Å². The predicted octanol–water partition coefficient (Wildman–Crippen LogP) is 7.36. The standard InChI is InChI=1S/C27H47N/c1-18(2)7-6-8-19(3)23-11-12-24-22-10-9-20-17-21(28)13-15-26(20,4)25(22)14-16-27(23,24)5/h9,18-19,21-25H,6-8,10-17,28H2,1-5H3/t19-,21+,22?,23?,24+,25?,26?,27?/m1/s1. The van der Waals surface area contributed by atoms with Crippen LogP contribution < -0.4 is 5.73 Å². The zero-order valence-electron chi connectivity index (χ0n) is 19.5. The van der Waals surface area contributed by atoms with Gasteiger partial charge in [0.05, 0.1) is 0 Å². The van der Waals surface area contributed by atoms with Gasteiger partial charge in [0.1, 0.15) is 0 Å². The first-order valence-electron chi connectivity index (χ1n) is 12.7. The van der Waals surface area contributed by atoms with E-state index in [9.17, 15) is 0 Å². The van der Waals surface area contributed by atoms with Crippen molar-refractivity contribution in [2.24, 2.45) is 52.1 Å². The van der Waals surface area contributed by atoms with E-state index in [4.69, 9.17) is 5.73 Å². The molecule has 3 fully saturated rings. The third kappa shape index (κ3) is 3.42. The number of rotatable bonds is 5. The van der Waals surface area contributed by atoms with Gasteiger partial charge in [0.25, 0.3) is 0 Å². The lowest BCUT2D eigenvalue weighted by atomic mass is 9.47. The Morgan fingerprint density at radius 2 is 1.79 bits per heavy atom. The number of hydrogen-bond donors (Lipinski definition) is 1. The minimum Gasteiger partial charge on any atom is -0.327 e. The lowest BCUT2D eigenvalue weighted by Crippen LogP contribution is -2.51. The summed E-state index contributed by atoms with van der Waals surface area (Å²) in [5, 5.41) is 0. The topological polar surface area (TPSA) is 26.0 Å². The van der Waals surface area contributed by atoms with E-state index in [0.717, 1.165) is 35.5 Å². The van der Waals surface area contributed by atoms with Crippen molar-refractivity contribution in [3.8, 4) is 0 Å². The molecule has 4 rings (SSSR count). The highest BCUT2D eigenvalue weighted by molar-refractivity contribution is 5.25. The molecule has 5 unspecified atom stereocenters. The number of allylic oxidation sites excluding steroid dienone is 1. The molecular weight excluding hydrogens is 338 g/mol. The number of hydrogen-bond acceptors (Lipinski definition) is 1. The molecule has 0 aliphatic heterocycles. The van der Waals surface area contributed by atoms with Crippen molar-refractivity contribution in [2.75, 3.05) is 0 Å². The van der Waals surface area contributed by atoms with Gasteiger partial charge < -0.3 is 5.73 Å². The summed E-state index contributed by atoms with van der Waals surface area (Å²) in [7, 11) is 0. The molecule has 4 aliphatic carbocycles. The van der Waals surface area contributed by atoms with Crippen LogP contribution in [0.3, 0.4) is 0 Å². The molecule has 1 nitrogen and oxygen atoms in total. The summed E-state index contributed by atoms with van der Waals surface area (Å²) < 4.78 is 0. The molecule has 8 atom stereocenters. The summed E-state index contributed by atoms with van der Waals surface area (Å²) >= 11 is 0. The minimum absolute atomic E-state index is 0.423. The van der Waals surface area contributed by atoms with Crippen molar-refractivity contribution in [2.45, 2.75) is 111 Å². The average Bonchev–Trinajstić information content (AvgIpc) is 2.99. The molecule has 28 heavy (non-hydrogen) atoms. The minimum atomic E-state index is 0.423. The van der Waals surface area contributed by atoms with Crippen molar-refractivity contribution < 1.29 is 0 Å². The molecule has 0 aromatic heterocycles. The first-order chi connectivity index (χ1) is 13.3. The molecule has 0 aromatic carbocycles. The maximum Gasteiger partial charge on any atom is 0.00766 e. The number of nitrogens with two attached hydrogens (primary N) is 1. The predicted molar refractivity (Wildman–Crippen MR) is 121 cm³/mol. The first kappa shape index (κ1) is 21.0. The fraction of sp³-hybridized carbons (Fsp3) is 0.926. The normalized spacial score (nSPS) is 46.5. The van der Waals surface area contributed by atoms with Crippen LogP contribution in [-0.2, 0) is 0 Å². The van der Waals surface area contributed by atoms with Gasteiger partial charge in [-0.15, -0.1) is 0 Å². The van der Waals surface area contributed by atoms with Crippen molar-refractivity contribution in [1.29, 1.82) is 0 Å². The van der Waals surface area contributed by atoms with Gasteiger partial charge in [-0.05, 0) is 97.7 Å². The van der Waals surface area contributed by atoms with Crippen LogP contribution in [0.15, 0.2) is 11.6 Å². The van der Waals surface area contributed by atoms with Crippen LogP contribution in [0.25, 0.3) is 0 Å². The summed E-state index contributed by atoms with van der Waals surface area (Å²) in [6.45, 7) is 12.7. The monoisotopic (exact) mass is 385 g/mol. The molecule has 1 heteroatoms. The highest BCUT2D eigenvalue weighted by Gasteiger charge is 2.58. The van der Waals surface area contributed by atoms with Gasteiger partial charge in [-0.2, -0.15) is 0 Å². The average molecular weight is 386 g/mol. The summed E-state index contributed by atoms with van der Waals surface area (Å²) in [6.07, 6.45) is 18.1. The van der Waals surface area contributed by atoms with Crippen molar-refractivity contribution in [3.63, 3.8) is 0 Å². The van der Waals surface area contributed by atoms with Crippen LogP contribution in [0.4, 0.5) is 0 Å². The molecule has 0 spiro atoms. The van der Waals surface area contributed by atoms with Crippen LogP contribution in [-0.4, -0.2) is 6.04 Å². The maximum atomic E-state index is 6.34. The molecule has 2 N–H and O–H groups in total. The van der Waals surface area contributed by atoms with Crippen molar-refractivity contribution in [1.82, 2.24) is 0 Å². The summed E-state index contributed by atoms with van der Waals surface area (Å²) in [5.74, 6) is 5.63. The second kappa shape index (κ2) is 7.75. The fourth-order valence-electron chi connectivity index (χ4n) is 8.71. The zero-order valence-corrected chi connectivity index (χ0v) is 19.5. The van der Waals surface area contributed by atoms with Gasteiger partial charge in [-0.25, -0.2) is 0 Å². The fourth-order valence-corrected chi connectivity index (χ4v) is 8.71. The Balaban J connectivity index is 1.49. The molecule has 0 saturated heterocycles. The van der Waals surface area contributed by atoms with E-state index < -0.39 is 0 Å².